The van der Waals surface area contributed by atoms with E-state index in [0.29, 0.717) is 12.0 Å². The second-order valence-electron chi connectivity index (χ2n) is 3.53. The van der Waals surface area contributed by atoms with E-state index < -0.39 is 5.82 Å². The molecule has 0 aromatic heterocycles. The standard InChI is InChI=1S/C11H12FNO2.ClH/c12-11-5-9(2-1-8(11)7-14)15-10-3-4-13-6-10;/h1-2,5,7,10,13H,3-4,6H2;1H. The average molecular weight is 246 g/mol. The van der Waals surface area contributed by atoms with Crippen LogP contribution in [-0.4, -0.2) is 25.5 Å². The maximum atomic E-state index is 13.2. The van der Waals surface area contributed by atoms with Gasteiger partial charge in [-0.3, -0.25) is 4.79 Å². The summed E-state index contributed by atoms with van der Waals surface area (Å²) in [5.74, 6) is -0.0553. The molecule has 1 heterocycles. The lowest BCUT2D eigenvalue weighted by molar-refractivity contribution is 0.111. The van der Waals surface area contributed by atoms with E-state index in [2.05, 4.69) is 5.32 Å². The Labute approximate surface area is 99.4 Å². The predicted molar refractivity (Wildman–Crippen MR) is 60.9 cm³/mol. The molecule has 5 heteroatoms. The zero-order valence-electron chi connectivity index (χ0n) is 8.61. The minimum Gasteiger partial charge on any atom is -0.489 e. The largest absolute Gasteiger partial charge is 0.489 e. The number of hydrogen-bond donors (Lipinski definition) is 1. The third-order valence-electron chi connectivity index (χ3n) is 2.42. The topological polar surface area (TPSA) is 38.3 Å². The first-order valence-electron chi connectivity index (χ1n) is 4.91. The fourth-order valence-corrected chi connectivity index (χ4v) is 1.60. The van der Waals surface area contributed by atoms with E-state index in [9.17, 15) is 9.18 Å². The van der Waals surface area contributed by atoms with E-state index in [1.165, 1.54) is 12.1 Å². The van der Waals surface area contributed by atoms with Gasteiger partial charge in [0.15, 0.2) is 6.29 Å². The molecule has 0 aliphatic carbocycles. The van der Waals surface area contributed by atoms with E-state index in [4.69, 9.17) is 4.74 Å². The van der Waals surface area contributed by atoms with Crippen molar-refractivity contribution in [2.24, 2.45) is 0 Å². The monoisotopic (exact) mass is 245 g/mol. The molecule has 0 spiro atoms. The number of ether oxygens (including phenoxy) is 1. The Hall–Kier alpha value is -1.13. The van der Waals surface area contributed by atoms with E-state index >= 15 is 0 Å². The summed E-state index contributed by atoms with van der Waals surface area (Å²) in [4.78, 5) is 10.4. The number of benzene rings is 1. The van der Waals surface area contributed by atoms with Gasteiger partial charge in [-0.1, -0.05) is 0 Å². The van der Waals surface area contributed by atoms with Crippen LogP contribution in [0.2, 0.25) is 0 Å². The Morgan fingerprint density at radius 3 is 2.88 bits per heavy atom. The molecule has 1 saturated heterocycles. The van der Waals surface area contributed by atoms with Crippen molar-refractivity contribution < 1.29 is 13.9 Å². The van der Waals surface area contributed by atoms with Gasteiger partial charge in [0.1, 0.15) is 17.7 Å². The molecule has 0 amide bonds. The molecule has 1 aliphatic heterocycles. The molecule has 0 saturated carbocycles. The summed E-state index contributed by atoms with van der Waals surface area (Å²) in [7, 11) is 0. The molecule has 1 aliphatic rings. The molecular weight excluding hydrogens is 233 g/mol. The third-order valence-corrected chi connectivity index (χ3v) is 2.42. The maximum absolute atomic E-state index is 13.2. The molecule has 1 unspecified atom stereocenters. The smallest absolute Gasteiger partial charge is 0.152 e. The summed E-state index contributed by atoms with van der Waals surface area (Å²) in [6, 6.07) is 4.30. The molecule has 88 valence electrons. The Morgan fingerprint density at radius 1 is 1.50 bits per heavy atom. The fraction of sp³-hybridized carbons (Fsp3) is 0.364. The Morgan fingerprint density at radius 2 is 2.31 bits per heavy atom. The highest BCUT2D eigenvalue weighted by Crippen LogP contribution is 2.18. The maximum Gasteiger partial charge on any atom is 0.152 e. The van der Waals surface area contributed by atoms with Crippen LogP contribution in [0.25, 0.3) is 0 Å². The van der Waals surface area contributed by atoms with E-state index in [1.807, 2.05) is 0 Å². The van der Waals surface area contributed by atoms with E-state index in [1.54, 1.807) is 6.07 Å². The molecule has 2 rings (SSSR count). The first-order valence-corrected chi connectivity index (χ1v) is 4.91. The quantitative estimate of drug-likeness (QED) is 0.826. The van der Waals surface area contributed by atoms with Gasteiger partial charge in [-0.25, -0.2) is 4.39 Å². The molecule has 1 atom stereocenters. The molecule has 16 heavy (non-hydrogen) atoms. The average Bonchev–Trinajstić information content (AvgIpc) is 2.71. The van der Waals surface area contributed by atoms with Crippen LogP contribution in [-0.2, 0) is 0 Å². The Bertz CT molecular complexity index is 367. The Balaban J connectivity index is 0.00000128. The molecule has 0 radical (unpaired) electrons. The first kappa shape index (κ1) is 12.9. The third kappa shape index (κ3) is 2.93. The summed E-state index contributed by atoms with van der Waals surface area (Å²) < 4.78 is 18.7. The van der Waals surface area contributed by atoms with Crippen molar-refractivity contribution in [3.8, 4) is 5.75 Å². The van der Waals surface area contributed by atoms with Gasteiger partial charge in [-0.05, 0) is 25.1 Å². The van der Waals surface area contributed by atoms with Crippen LogP contribution in [0, 0.1) is 5.82 Å². The van der Waals surface area contributed by atoms with E-state index in [0.717, 1.165) is 19.5 Å². The van der Waals surface area contributed by atoms with Crippen LogP contribution in [0.1, 0.15) is 16.8 Å². The molecule has 3 nitrogen and oxygen atoms in total. The highest BCUT2D eigenvalue weighted by molar-refractivity contribution is 5.85. The summed E-state index contributed by atoms with van der Waals surface area (Å²) in [5, 5.41) is 3.15. The SMILES string of the molecule is Cl.O=Cc1ccc(OC2CCNC2)cc1F. The minimum absolute atomic E-state index is 0. The molecular formula is C11H13ClFNO2. The summed E-state index contributed by atoms with van der Waals surface area (Å²) in [6.45, 7) is 1.72. The highest BCUT2D eigenvalue weighted by atomic mass is 35.5. The number of carbonyl (C=O) groups excluding carboxylic acids is 1. The minimum atomic E-state index is -0.534. The van der Waals surface area contributed by atoms with Gasteiger partial charge in [-0.2, -0.15) is 0 Å². The number of halogens is 2. The van der Waals surface area contributed by atoms with Crippen molar-refractivity contribution >= 4 is 18.7 Å². The lowest BCUT2D eigenvalue weighted by Gasteiger charge is -2.12. The van der Waals surface area contributed by atoms with Crippen LogP contribution in [0.15, 0.2) is 18.2 Å². The number of rotatable bonds is 3. The molecule has 1 fully saturated rings. The van der Waals surface area contributed by atoms with Crippen molar-refractivity contribution in [2.75, 3.05) is 13.1 Å². The predicted octanol–water partition coefficient (Wildman–Crippen LogP) is 1.80. The zero-order chi connectivity index (χ0) is 10.7. The molecule has 1 aromatic rings. The van der Waals surface area contributed by atoms with Crippen LogP contribution in [0.3, 0.4) is 0 Å². The number of nitrogens with one attached hydrogen (secondary N) is 1. The fourth-order valence-electron chi connectivity index (χ4n) is 1.60. The second-order valence-corrected chi connectivity index (χ2v) is 3.53. The van der Waals surface area contributed by atoms with Gasteiger partial charge >= 0.3 is 0 Å². The number of carbonyl (C=O) groups is 1. The lowest BCUT2D eigenvalue weighted by atomic mass is 10.2. The van der Waals surface area contributed by atoms with Gasteiger partial charge in [0.2, 0.25) is 0 Å². The normalized spacial score (nSPS) is 18.9. The van der Waals surface area contributed by atoms with Crippen molar-refractivity contribution in [1.29, 1.82) is 0 Å². The van der Waals surface area contributed by atoms with Crippen LogP contribution in [0.4, 0.5) is 4.39 Å². The van der Waals surface area contributed by atoms with Crippen molar-refractivity contribution in [2.45, 2.75) is 12.5 Å². The van der Waals surface area contributed by atoms with Crippen LogP contribution in [0.5, 0.6) is 5.75 Å². The first-order chi connectivity index (χ1) is 7.29. The van der Waals surface area contributed by atoms with E-state index in [-0.39, 0.29) is 24.1 Å². The zero-order valence-corrected chi connectivity index (χ0v) is 9.43. The van der Waals surface area contributed by atoms with Gasteiger partial charge in [-0.15, -0.1) is 12.4 Å². The lowest BCUT2D eigenvalue weighted by Crippen LogP contribution is -2.19. The molecule has 0 bridgehead atoms. The van der Waals surface area contributed by atoms with Crippen molar-refractivity contribution in [3.05, 3.63) is 29.6 Å². The Kier molecular flexibility index (Phi) is 4.71. The number of aldehydes is 1. The van der Waals surface area contributed by atoms with Gasteiger partial charge < -0.3 is 10.1 Å². The second kappa shape index (κ2) is 5.82. The van der Waals surface area contributed by atoms with Crippen molar-refractivity contribution in [3.63, 3.8) is 0 Å². The van der Waals surface area contributed by atoms with Gasteiger partial charge in [0, 0.05) is 12.6 Å². The van der Waals surface area contributed by atoms with Gasteiger partial charge in [0.05, 0.1) is 5.56 Å². The van der Waals surface area contributed by atoms with Crippen LogP contribution < -0.4 is 10.1 Å². The molecule has 1 N–H and O–H groups in total. The molecule has 1 aromatic carbocycles. The summed E-state index contributed by atoms with van der Waals surface area (Å²) >= 11 is 0. The summed E-state index contributed by atoms with van der Waals surface area (Å²) in [6.07, 6.45) is 1.53. The van der Waals surface area contributed by atoms with Crippen LogP contribution >= 0.6 is 12.4 Å². The van der Waals surface area contributed by atoms with Gasteiger partial charge in [0.25, 0.3) is 0 Å². The summed E-state index contributed by atoms with van der Waals surface area (Å²) in [5.41, 5.74) is 0.0619. The highest BCUT2D eigenvalue weighted by Gasteiger charge is 2.16. The van der Waals surface area contributed by atoms with Crippen molar-refractivity contribution in [1.82, 2.24) is 5.32 Å². The number of hydrogen-bond acceptors (Lipinski definition) is 3.